The quantitative estimate of drug-likeness (QED) is 0.506. The molecule has 0 aliphatic heterocycles. The van der Waals surface area contributed by atoms with E-state index >= 15 is 0 Å². The first kappa shape index (κ1) is 22.5. The summed E-state index contributed by atoms with van der Waals surface area (Å²) < 4.78 is 4.89. The summed E-state index contributed by atoms with van der Waals surface area (Å²) in [5.41, 5.74) is 0.705. The number of aromatic nitrogens is 2. The van der Waals surface area contributed by atoms with Crippen molar-refractivity contribution in [1.29, 1.82) is 0 Å². The molecule has 7 heteroatoms. The number of amides is 1. The molecule has 6 nitrogen and oxygen atoms in total. The maximum atomic E-state index is 11.7. The van der Waals surface area contributed by atoms with Gasteiger partial charge in [0.05, 0.1) is 0 Å². The summed E-state index contributed by atoms with van der Waals surface area (Å²) in [6.07, 6.45) is 4.07. The fourth-order valence-electron chi connectivity index (χ4n) is 1.77. The average Bonchev–Trinajstić information content (AvgIpc) is 3.11. The summed E-state index contributed by atoms with van der Waals surface area (Å²) in [5, 5.41) is 15.5. The van der Waals surface area contributed by atoms with Gasteiger partial charge in [0, 0.05) is 6.20 Å². The number of aromatic hydroxyl groups is 1. The Balaban J connectivity index is 0.000000290. The molecule has 3 rings (SSSR count). The van der Waals surface area contributed by atoms with Crippen molar-refractivity contribution in [3.05, 3.63) is 72.4 Å². The number of hydrogen-bond acceptors (Lipinski definition) is 5. The van der Waals surface area contributed by atoms with E-state index in [1.807, 2.05) is 0 Å². The molecule has 0 spiro atoms. The van der Waals surface area contributed by atoms with Gasteiger partial charge in [0.1, 0.15) is 5.75 Å². The topological polar surface area (TPSA) is 88.3 Å². The number of hydrogen-bond donors (Lipinski definition) is 2. The van der Waals surface area contributed by atoms with Crippen LogP contribution in [0, 0.1) is 12.3 Å². The molecule has 0 bridgehead atoms. The zero-order valence-electron chi connectivity index (χ0n) is 15.3. The summed E-state index contributed by atoms with van der Waals surface area (Å²) in [4.78, 5) is 15.5. The molecule has 0 aliphatic rings. The number of pyridine rings is 1. The third-order valence-corrected chi connectivity index (χ3v) is 3.11. The first-order chi connectivity index (χ1) is 11.9. The summed E-state index contributed by atoms with van der Waals surface area (Å²) >= 11 is 0. The van der Waals surface area contributed by atoms with Crippen molar-refractivity contribution >= 4 is 11.6 Å². The first-order valence-corrected chi connectivity index (χ1v) is 7.62. The monoisotopic (exact) mass is 376 g/mol. The number of nitrogens with zero attached hydrogens (tertiary/aromatic N) is 2. The molecule has 1 aromatic carbocycles. The predicted molar refractivity (Wildman–Crippen MR) is 93.2 cm³/mol. The molecule has 2 N–H and O–H groups in total. The van der Waals surface area contributed by atoms with Crippen LogP contribution in [-0.4, -0.2) is 21.2 Å². The van der Waals surface area contributed by atoms with Crippen molar-refractivity contribution in [2.75, 3.05) is 5.32 Å². The van der Waals surface area contributed by atoms with Crippen molar-refractivity contribution in [3.63, 3.8) is 0 Å². The Morgan fingerprint density at radius 3 is 2.42 bits per heavy atom. The molecule has 0 radical (unpaired) electrons. The zero-order chi connectivity index (χ0) is 18.3. The largest absolute Gasteiger partial charge is 1.00 e. The van der Waals surface area contributed by atoms with Gasteiger partial charge in [-0.1, -0.05) is 26.5 Å². The van der Waals surface area contributed by atoms with Crippen LogP contribution in [0.3, 0.4) is 0 Å². The Labute approximate surface area is 195 Å². The molecule has 130 valence electrons. The van der Waals surface area contributed by atoms with Gasteiger partial charge in [-0.2, -0.15) is 24.3 Å². The number of rotatable bonds is 2. The van der Waals surface area contributed by atoms with Crippen molar-refractivity contribution < 1.29 is 65.8 Å². The Bertz CT molecular complexity index is 800. The minimum Gasteiger partial charge on any atom is -0.505 e. The molecular formula is C19H19KN3O3-. The molecule has 2 heterocycles. The van der Waals surface area contributed by atoms with Crippen LogP contribution >= 0.6 is 0 Å². The van der Waals surface area contributed by atoms with E-state index in [1.165, 1.54) is 12.3 Å². The van der Waals surface area contributed by atoms with Gasteiger partial charge in [-0.25, -0.2) is 10.1 Å². The molecule has 0 unspecified atom stereocenters. The van der Waals surface area contributed by atoms with E-state index in [-0.39, 0.29) is 68.2 Å². The summed E-state index contributed by atoms with van der Waals surface area (Å²) in [6.45, 7) is 6.21. The third kappa shape index (κ3) is 7.01. The fourth-order valence-corrected chi connectivity index (χ4v) is 1.77. The first-order valence-electron chi connectivity index (χ1n) is 7.62. The van der Waals surface area contributed by atoms with Crippen molar-refractivity contribution in [3.8, 4) is 5.75 Å². The normalized spacial score (nSPS) is 10.1. The van der Waals surface area contributed by atoms with Gasteiger partial charge < -0.3 is 14.9 Å². The molecule has 3 aromatic rings. The molecule has 0 saturated carbocycles. The van der Waals surface area contributed by atoms with E-state index in [4.69, 9.17) is 4.52 Å². The van der Waals surface area contributed by atoms with E-state index in [9.17, 15) is 9.90 Å². The van der Waals surface area contributed by atoms with Crippen LogP contribution in [-0.2, 0) is 5.41 Å². The van der Waals surface area contributed by atoms with E-state index in [0.29, 0.717) is 5.69 Å². The van der Waals surface area contributed by atoms with Crippen LogP contribution in [0.1, 0.15) is 37.0 Å². The maximum absolute atomic E-state index is 11.7. The molecule has 0 aliphatic carbocycles. The zero-order valence-corrected chi connectivity index (χ0v) is 18.4. The van der Waals surface area contributed by atoms with Crippen LogP contribution in [0.4, 0.5) is 5.69 Å². The minimum atomic E-state index is -0.440. The standard InChI is InChI=1S/C12H9N2O2.C7H10NO.K/c15-10-7-4-8-13-11(10)12(16)14-9-5-2-1-3-6-9;1-7(2,3)6-4-5-8-9-6;/h2-8,15H,(H,14,16);4H,1-3H3;/q2*-1;+1. The summed E-state index contributed by atoms with van der Waals surface area (Å²) in [6, 6.07) is 14.4. The predicted octanol–water partition coefficient (Wildman–Crippen LogP) is 0.616. The molecule has 26 heavy (non-hydrogen) atoms. The van der Waals surface area contributed by atoms with Crippen LogP contribution < -0.4 is 56.7 Å². The van der Waals surface area contributed by atoms with Crippen LogP contribution in [0.5, 0.6) is 5.75 Å². The second-order valence-corrected chi connectivity index (χ2v) is 6.18. The Morgan fingerprint density at radius 2 is 1.92 bits per heavy atom. The van der Waals surface area contributed by atoms with Crippen molar-refractivity contribution in [2.45, 2.75) is 26.2 Å². The van der Waals surface area contributed by atoms with Crippen molar-refractivity contribution in [2.24, 2.45) is 0 Å². The smallest absolute Gasteiger partial charge is 0.505 e. The number of carbonyl (C=O) groups is 1. The van der Waals surface area contributed by atoms with Gasteiger partial charge in [-0.05, 0) is 23.3 Å². The van der Waals surface area contributed by atoms with Gasteiger partial charge >= 0.3 is 51.4 Å². The summed E-state index contributed by atoms with van der Waals surface area (Å²) in [5.74, 6) is 0.300. The minimum absolute atomic E-state index is 0. The SMILES string of the molecule is CC(C)(C)c1c[c-]no1.O=C(Nc1cc[c-]cc1)c1ncccc1O.[K+]. The molecule has 2 aromatic heterocycles. The molecular weight excluding hydrogens is 357 g/mol. The Hall–Kier alpha value is -1.51. The van der Waals surface area contributed by atoms with Gasteiger partial charge in [-0.15, -0.1) is 18.3 Å². The number of carbonyl (C=O) groups excluding carboxylic acids is 1. The molecule has 1 amide bonds. The number of nitrogens with one attached hydrogen (secondary N) is 1. The van der Waals surface area contributed by atoms with Gasteiger partial charge in [0.15, 0.2) is 5.69 Å². The average molecular weight is 376 g/mol. The van der Waals surface area contributed by atoms with Crippen molar-refractivity contribution in [1.82, 2.24) is 10.1 Å². The van der Waals surface area contributed by atoms with Gasteiger partial charge in [-0.3, -0.25) is 4.79 Å². The summed E-state index contributed by atoms with van der Waals surface area (Å²) in [7, 11) is 0. The second kappa shape index (κ2) is 10.6. The molecule has 0 saturated heterocycles. The maximum Gasteiger partial charge on any atom is 1.00 e. The van der Waals surface area contributed by atoms with Crippen LogP contribution in [0.15, 0.2) is 53.2 Å². The Morgan fingerprint density at radius 1 is 1.23 bits per heavy atom. The second-order valence-electron chi connectivity index (χ2n) is 6.18. The van der Waals surface area contributed by atoms with Gasteiger partial charge in [0.25, 0.3) is 5.91 Å². The number of benzene rings is 1. The van der Waals surface area contributed by atoms with Crippen LogP contribution in [0.2, 0.25) is 0 Å². The van der Waals surface area contributed by atoms with Gasteiger partial charge in [0.2, 0.25) is 0 Å². The Kier molecular flexibility index (Phi) is 9.18. The van der Waals surface area contributed by atoms with E-state index in [0.717, 1.165) is 5.76 Å². The third-order valence-electron chi connectivity index (χ3n) is 3.11. The van der Waals surface area contributed by atoms with E-state index in [2.05, 4.69) is 48.5 Å². The van der Waals surface area contributed by atoms with E-state index in [1.54, 1.807) is 36.4 Å². The fraction of sp³-hybridized carbons (Fsp3) is 0.211. The molecule has 0 atom stereocenters. The van der Waals surface area contributed by atoms with Crippen LogP contribution in [0.25, 0.3) is 0 Å². The number of anilines is 1. The molecule has 0 fully saturated rings. The van der Waals surface area contributed by atoms with E-state index < -0.39 is 5.91 Å².